The van der Waals surface area contributed by atoms with E-state index >= 15 is 0 Å². The molecule has 0 aromatic heterocycles. The second-order valence-electron chi connectivity index (χ2n) is 5.79. The fourth-order valence-corrected chi connectivity index (χ4v) is 3.03. The lowest BCUT2D eigenvalue weighted by Gasteiger charge is -2.27. The van der Waals surface area contributed by atoms with Crippen LogP contribution in [0.25, 0.3) is 11.1 Å². The first-order chi connectivity index (χ1) is 10.9. The topological polar surface area (TPSA) is 33.7 Å². The highest BCUT2D eigenvalue weighted by molar-refractivity contribution is 5.72. The quantitative estimate of drug-likeness (QED) is 0.943. The van der Waals surface area contributed by atoms with Crippen molar-refractivity contribution < 1.29 is 9.47 Å². The molecule has 0 unspecified atom stereocenters. The van der Waals surface area contributed by atoms with Crippen LogP contribution in [-0.4, -0.2) is 37.9 Å². The molecule has 114 valence electrons. The Balaban J connectivity index is 1.52. The monoisotopic (exact) mass is 296 g/mol. The molecular formula is C18H20N2O2. The molecule has 4 rings (SSSR count). The molecule has 0 aliphatic carbocycles. The number of benzene rings is 2. The average Bonchev–Trinajstić information content (AvgIpc) is 2.57. The Morgan fingerprint density at radius 1 is 0.955 bits per heavy atom. The summed E-state index contributed by atoms with van der Waals surface area (Å²) in [4.78, 5) is 2.49. The number of rotatable bonds is 3. The molecule has 0 saturated carbocycles. The number of ether oxygens (including phenoxy) is 2. The lowest BCUT2D eigenvalue weighted by Crippen LogP contribution is -2.42. The third-order valence-electron chi connectivity index (χ3n) is 4.27. The van der Waals surface area contributed by atoms with Crippen molar-refractivity contribution in [2.24, 2.45) is 0 Å². The molecule has 2 aromatic rings. The Labute approximate surface area is 130 Å². The molecule has 0 radical (unpaired) electrons. The van der Waals surface area contributed by atoms with Gasteiger partial charge in [0.1, 0.15) is 11.5 Å². The minimum absolute atomic E-state index is 0.302. The van der Waals surface area contributed by atoms with Crippen molar-refractivity contribution in [3.8, 4) is 22.6 Å². The molecule has 4 heteroatoms. The summed E-state index contributed by atoms with van der Waals surface area (Å²) in [5.41, 5.74) is 3.67. The first-order valence-corrected chi connectivity index (χ1v) is 7.80. The van der Waals surface area contributed by atoms with Crippen molar-refractivity contribution in [2.75, 3.05) is 33.0 Å². The van der Waals surface area contributed by atoms with Crippen LogP contribution in [0.5, 0.6) is 11.5 Å². The van der Waals surface area contributed by atoms with Crippen molar-refractivity contribution in [1.82, 2.24) is 10.2 Å². The third-order valence-corrected chi connectivity index (χ3v) is 4.27. The molecule has 0 spiro atoms. The molecule has 0 amide bonds. The zero-order valence-corrected chi connectivity index (χ0v) is 12.5. The van der Waals surface area contributed by atoms with Crippen molar-refractivity contribution in [3.05, 3.63) is 48.0 Å². The summed E-state index contributed by atoms with van der Waals surface area (Å²) in [6, 6.07) is 14.8. The van der Waals surface area contributed by atoms with Gasteiger partial charge in [0.05, 0.1) is 0 Å². The smallest absolute Gasteiger partial charge is 0.230 e. The molecule has 0 atom stereocenters. The first kappa shape index (κ1) is 13.6. The molecule has 1 N–H and O–H groups in total. The highest BCUT2D eigenvalue weighted by Crippen LogP contribution is 2.35. The van der Waals surface area contributed by atoms with Crippen LogP contribution in [0.3, 0.4) is 0 Å². The van der Waals surface area contributed by atoms with E-state index in [1.807, 2.05) is 12.1 Å². The van der Waals surface area contributed by atoms with Crippen LogP contribution in [0.1, 0.15) is 5.56 Å². The Hall–Kier alpha value is -2.04. The van der Waals surface area contributed by atoms with E-state index in [4.69, 9.17) is 9.47 Å². The van der Waals surface area contributed by atoms with Crippen LogP contribution in [0, 0.1) is 0 Å². The Morgan fingerprint density at radius 2 is 1.77 bits per heavy atom. The van der Waals surface area contributed by atoms with Crippen molar-refractivity contribution in [1.29, 1.82) is 0 Å². The van der Waals surface area contributed by atoms with E-state index in [1.54, 1.807) is 0 Å². The van der Waals surface area contributed by atoms with E-state index in [2.05, 4.69) is 40.5 Å². The van der Waals surface area contributed by atoms with Gasteiger partial charge in [-0.15, -0.1) is 0 Å². The van der Waals surface area contributed by atoms with Gasteiger partial charge in [-0.2, -0.15) is 0 Å². The summed E-state index contributed by atoms with van der Waals surface area (Å²) >= 11 is 0. The van der Waals surface area contributed by atoms with Gasteiger partial charge in [-0.1, -0.05) is 24.3 Å². The zero-order valence-electron chi connectivity index (χ0n) is 12.5. The SMILES string of the molecule is c1cc(-c2ccc3cc2OCO3)ccc1CN1CCNCC1. The normalized spacial score (nSPS) is 17.6. The van der Waals surface area contributed by atoms with Crippen LogP contribution < -0.4 is 14.8 Å². The van der Waals surface area contributed by atoms with Gasteiger partial charge in [0.25, 0.3) is 0 Å². The molecule has 2 aliphatic rings. The maximum Gasteiger partial charge on any atom is 0.230 e. The largest absolute Gasteiger partial charge is 0.457 e. The minimum atomic E-state index is 0.302. The number of fused-ring (bicyclic) bond motifs is 2. The number of piperazine rings is 1. The summed E-state index contributed by atoms with van der Waals surface area (Å²) in [6.45, 7) is 5.76. The predicted molar refractivity (Wildman–Crippen MR) is 86.1 cm³/mol. The van der Waals surface area contributed by atoms with Crippen LogP contribution in [0.2, 0.25) is 0 Å². The summed E-state index contributed by atoms with van der Waals surface area (Å²) in [5.74, 6) is 1.78. The maximum atomic E-state index is 5.58. The van der Waals surface area contributed by atoms with Crippen molar-refractivity contribution in [2.45, 2.75) is 6.54 Å². The Bertz CT molecular complexity index is 649. The van der Waals surface area contributed by atoms with Crippen LogP contribution in [0.15, 0.2) is 42.5 Å². The molecule has 22 heavy (non-hydrogen) atoms. The molecule has 1 saturated heterocycles. The fraction of sp³-hybridized carbons (Fsp3) is 0.333. The average molecular weight is 296 g/mol. The van der Waals surface area contributed by atoms with Crippen LogP contribution in [-0.2, 0) is 6.54 Å². The second kappa shape index (κ2) is 5.99. The number of hydrogen-bond acceptors (Lipinski definition) is 4. The minimum Gasteiger partial charge on any atom is -0.457 e. The van der Waals surface area contributed by atoms with E-state index < -0.39 is 0 Å². The zero-order chi connectivity index (χ0) is 14.8. The van der Waals surface area contributed by atoms with E-state index in [-0.39, 0.29) is 0 Å². The summed E-state index contributed by atoms with van der Waals surface area (Å²) < 4.78 is 10.9. The van der Waals surface area contributed by atoms with Crippen molar-refractivity contribution >= 4 is 0 Å². The summed E-state index contributed by atoms with van der Waals surface area (Å²) in [7, 11) is 0. The summed E-state index contributed by atoms with van der Waals surface area (Å²) in [6.07, 6.45) is 0. The van der Waals surface area contributed by atoms with E-state index in [9.17, 15) is 0 Å². The maximum absolute atomic E-state index is 5.58. The van der Waals surface area contributed by atoms with Gasteiger partial charge < -0.3 is 14.8 Å². The second-order valence-corrected chi connectivity index (χ2v) is 5.79. The third kappa shape index (κ3) is 2.80. The summed E-state index contributed by atoms with van der Waals surface area (Å²) in [5, 5.41) is 3.39. The molecular weight excluding hydrogens is 276 g/mol. The van der Waals surface area contributed by atoms with Gasteiger partial charge in [-0.25, -0.2) is 0 Å². The lowest BCUT2D eigenvalue weighted by molar-refractivity contribution is 0.106. The van der Waals surface area contributed by atoms with Gasteiger partial charge in [-0.3, -0.25) is 4.90 Å². The van der Waals surface area contributed by atoms with E-state index in [0.29, 0.717) is 6.79 Å². The molecule has 2 aliphatic heterocycles. The standard InChI is InChI=1S/C18H20N2O2/c1-3-15(17-6-5-16-11-18(17)22-13-21-16)4-2-14(1)12-20-9-7-19-8-10-20/h1-6,11,19H,7-10,12-13H2. The van der Waals surface area contributed by atoms with Crippen LogP contribution >= 0.6 is 0 Å². The molecule has 1 fully saturated rings. The highest BCUT2D eigenvalue weighted by atomic mass is 16.7. The van der Waals surface area contributed by atoms with Gasteiger partial charge in [0, 0.05) is 44.4 Å². The Morgan fingerprint density at radius 3 is 2.59 bits per heavy atom. The van der Waals surface area contributed by atoms with Gasteiger partial charge in [0.15, 0.2) is 0 Å². The first-order valence-electron chi connectivity index (χ1n) is 7.80. The van der Waals surface area contributed by atoms with Gasteiger partial charge in [-0.05, 0) is 23.3 Å². The van der Waals surface area contributed by atoms with Crippen LogP contribution in [0.4, 0.5) is 0 Å². The van der Waals surface area contributed by atoms with Gasteiger partial charge >= 0.3 is 0 Å². The molecule has 4 nitrogen and oxygen atoms in total. The number of nitrogens with one attached hydrogen (secondary N) is 1. The number of nitrogens with zero attached hydrogens (tertiary/aromatic N) is 1. The fourth-order valence-electron chi connectivity index (χ4n) is 3.03. The number of hydrogen-bond donors (Lipinski definition) is 1. The van der Waals surface area contributed by atoms with E-state index in [0.717, 1.165) is 49.8 Å². The predicted octanol–water partition coefficient (Wildman–Crippen LogP) is 2.49. The molecule has 2 heterocycles. The van der Waals surface area contributed by atoms with Crippen molar-refractivity contribution in [3.63, 3.8) is 0 Å². The van der Waals surface area contributed by atoms with Gasteiger partial charge in [0.2, 0.25) is 6.79 Å². The molecule has 2 aromatic carbocycles. The lowest BCUT2D eigenvalue weighted by atomic mass is 10.0. The molecule has 2 bridgehead atoms. The highest BCUT2D eigenvalue weighted by Gasteiger charge is 2.13. The van der Waals surface area contributed by atoms with E-state index in [1.165, 1.54) is 11.1 Å². The Kier molecular flexibility index (Phi) is 3.70.